The van der Waals surface area contributed by atoms with E-state index in [1.54, 1.807) is 12.2 Å². The van der Waals surface area contributed by atoms with E-state index < -0.39 is 0 Å². The van der Waals surface area contributed by atoms with Gasteiger partial charge in [0.15, 0.2) is 0 Å². The van der Waals surface area contributed by atoms with Gasteiger partial charge in [-0.1, -0.05) is 91.5 Å². The van der Waals surface area contributed by atoms with Gasteiger partial charge in [0.2, 0.25) is 0 Å². The number of rotatable bonds is 10. The number of nitrogens with two attached hydrogens (primary N) is 1. The van der Waals surface area contributed by atoms with Crippen molar-refractivity contribution in [2.45, 2.75) is 0 Å². The Morgan fingerprint density at radius 3 is 2.10 bits per heavy atom. The molecule has 0 radical (unpaired) electrons. The summed E-state index contributed by atoms with van der Waals surface area (Å²) in [5, 5.41) is 17.2. The second-order valence-electron chi connectivity index (χ2n) is 11.5. The second kappa shape index (κ2) is 13.4. The van der Waals surface area contributed by atoms with Gasteiger partial charge in [0.25, 0.3) is 0 Å². The van der Waals surface area contributed by atoms with Crippen LogP contribution in [0, 0.1) is 5.41 Å². The number of hydrogen-bond donors (Lipinski definition) is 4. The summed E-state index contributed by atoms with van der Waals surface area (Å²) >= 11 is 0. The summed E-state index contributed by atoms with van der Waals surface area (Å²) in [6.45, 7) is 4.12. The summed E-state index contributed by atoms with van der Waals surface area (Å²) in [7, 11) is 0. The molecule has 0 atom stereocenters. The van der Waals surface area contributed by atoms with E-state index in [1.165, 1.54) is 34.2 Å². The van der Waals surface area contributed by atoms with Crippen LogP contribution in [0.4, 0.5) is 17.1 Å². The van der Waals surface area contributed by atoms with Crippen LogP contribution in [0.3, 0.4) is 0 Å². The van der Waals surface area contributed by atoms with Gasteiger partial charge < -0.3 is 26.3 Å². The monoisotopic (exact) mass is 621 g/mol. The number of anilines is 3. The lowest BCUT2D eigenvalue weighted by Crippen LogP contribution is -2.00. The fourth-order valence-electron chi connectivity index (χ4n) is 6.17. The maximum absolute atomic E-state index is 7.80. The lowest BCUT2D eigenvalue weighted by atomic mass is 10.0. The predicted molar refractivity (Wildman–Crippen MR) is 205 cm³/mol. The van der Waals surface area contributed by atoms with Crippen LogP contribution in [0.2, 0.25) is 0 Å². The molecular formula is C43H35N5. The maximum Gasteiger partial charge on any atom is 0.0541 e. The molecule has 7 aromatic rings. The third-order valence-corrected chi connectivity index (χ3v) is 8.48. The van der Waals surface area contributed by atoms with Crippen LogP contribution in [0.25, 0.3) is 49.9 Å². The molecule has 6 aromatic carbocycles. The SMILES string of the molecule is C=C(/C=C\N)c1ccccc1Nc1ccc(N/C(=C\C=N)c2ccc(-c3ccc4c(c3)c3ccccc3n4-c3ccccc3)cc2)cc1. The van der Waals surface area contributed by atoms with Crippen molar-refractivity contribution < 1.29 is 0 Å². The standard InChI is InChI=1S/C43H35N5/c1-30(25-27-44)37-11-5-7-13-41(37)47-35-22-20-34(21-23-35)46-40(26-28-45)32-17-15-31(16-18-32)33-19-24-43-39(29-33)38-12-6-8-14-42(38)48(43)36-9-3-2-4-10-36/h2-29,45-47H,1,44H2/b27-25-,40-26-,45-28?. The summed E-state index contributed by atoms with van der Waals surface area (Å²) in [5.41, 5.74) is 17.9. The first-order chi connectivity index (χ1) is 23.6. The van der Waals surface area contributed by atoms with Crippen LogP contribution >= 0.6 is 0 Å². The molecule has 1 aromatic heterocycles. The Balaban J connectivity index is 1.12. The van der Waals surface area contributed by atoms with Crippen LogP contribution in [0.15, 0.2) is 171 Å². The summed E-state index contributed by atoms with van der Waals surface area (Å²) in [5.74, 6) is 0. The molecule has 0 saturated heterocycles. The first kappa shape index (κ1) is 30.1. The Labute approximate surface area is 280 Å². The number of aromatic nitrogens is 1. The van der Waals surface area contributed by atoms with E-state index in [9.17, 15) is 0 Å². The zero-order chi connectivity index (χ0) is 32.9. The summed E-state index contributed by atoms with van der Waals surface area (Å²) in [4.78, 5) is 0. The average Bonchev–Trinajstić information content (AvgIpc) is 3.47. The van der Waals surface area contributed by atoms with Crippen molar-refractivity contribution in [2.24, 2.45) is 5.73 Å². The molecule has 0 saturated carbocycles. The number of nitrogens with zero attached hydrogens (tertiary/aromatic N) is 1. The van der Waals surface area contributed by atoms with Gasteiger partial charge in [0.1, 0.15) is 0 Å². The van der Waals surface area contributed by atoms with Crippen molar-refractivity contribution in [1.29, 1.82) is 5.41 Å². The molecule has 0 fully saturated rings. The Kier molecular flexibility index (Phi) is 8.41. The Morgan fingerprint density at radius 1 is 0.667 bits per heavy atom. The summed E-state index contributed by atoms with van der Waals surface area (Å²) in [6, 6.07) is 50.4. The van der Waals surface area contributed by atoms with E-state index in [-0.39, 0.29) is 0 Å². The number of para-hydroxylation sites is 3. The lowest BCUT2D eigenvalue weighted by Gasteiger charge is -2.15. The Bertz CT molecular complexity index is 2310. The molecule has 48 heavy (non-hydrogen) atoms. The van der Waals surface area contributed by atoms with E-state index >= 15 is 0 Å². The third kappa shape index (κ3) is 6.00. The van der Waals surface area contributed by atoms with Gasteiger partial charge in [0, 0.05) is 51.0 Å². The van der Waals surface area contributed by atoms with Gasteiger partial charge in [0.05, 0.1) is 11.0 Å². The molecule has 0 unspecified atom stereocenters. The zero-order valence-electron chi connectivity index (χ0n) is 26.4. The predicted octanol–water partition coefficient (Wildman–Crippen LogP) is 10.8. The molecular weight excluding hydrogens is 587 g/mol. The smallest absolute Gasteiger partial charge is 0.0541 e. The minimum absolute atomic E-state index is 0.836. The second-order valence-corrected chi connectivity index (χ2v) is 11.5. The van der Waals surface area contributed by atoms with Gasteiger partial charge >= 0.3 is 0 Å². The van der Waals surface area contributed by atoms with E-state index in [4.69, 9.17) is 11.1 Å². The Hall–Kier alpha value is -6.59. The molecule has 232 valence electrons. The van der Waals surface area contributed by atoms with Crippen LogP contribution in [0.5, 0.6) is 0 Å². The van der Waals surface area contributed by atoms with Crippen molar-refractivity contribution >= 4 is 56.4 Å². The first-order valence-corrected chi connectivity index (χ1v) is 15.8. The summed E-state index contributed by atoms with van der Waals surface area (Å²) < 4.78 is 2.33. The minimum atomic E-state index is 0.836. The average molecular weight is 622 g/mol. The molecule has 0 spiro atoms. The van der Waals surface area contributed by atoms with Gasteiger partial charge in [-0.2, -0.15) is 0 Å². The largest absolute Gasteiger partial charge is 0.405 e. The molecule has 0 aliphatic heterocycles. The normalized spacial score (nSPS) is 11.6. The molecule has 0 aliphatic rings. The Morgan fingerprint density at radius 2 is 1.33 bits per heavy atom. The van der Waals surface area contributed by atoms with E-state index in [2.05, 4.69) is 113 Å². The highest BCUT2D eigenvalue weighted by Gasteiger charge is 2.13. The molecule has 5 nitrogen and oxygen atoms in total. The quantitative estimate of drug-likeness (QED) is 0.0906. The summed E-state index contributed by atoms with van der Waals surface area (Å²) in [6.07, 6.45) is 6.38. The highest BCUT2D eigenvalue weighted by molar-refractivity contribution is 6.10. The molecule has 0 bridgehead atoms. The van der Waals surface area contributed by atoms with Crippen molar-refractivity contribution in [3.8, 4) is 16.8 Å². The van der Waals surface area contributed by atoms with Crippen molar-refractivity contribution in [3.63, 3.8) is 0 Å². The van der Waals surface area contributed by atoms with E-state index in [0.717, 1.165) is 56.3 Å². The van der Waals surface area contributed by atoms with Gasteiger partial charge in [-0.15, -0.1) is 0 Å². The molecule has 0 aliphatic carbocycles. The van der Waals surface area contributed by atoms with Crippen LogP contribution in [-0.2, 0) is 0 Å². The van der Waals surface area contributed by atoms with Crippen molar-refractivity contribution in [3.05, 3.63) is 182 Å². The van der Waals surface area contributed by atoms with Crippen LogP contribution in [-0.4, -0.2) is 10.8 Å². The van der Waals surface area contributed by atoms with Crippen LogP contribution in [0.1, 0.15) is 11.1 Å². The molecule has 5 N–H and O–H groups in total. The van der Waals surface area contributed by atoms with Crippen molar-refractivity contribution in [2.75, 3.05) is 10.6 Å². The number of allylic oxidation sites excluding steroid dienone is 3. The van der Waals surface area contributed by atoms with E-state index in [0.29, 0.717) is 0 Å². The molecule has 7 rings (SSSR count). The van der Waals surface area contributed by atoms with Gasteiger partial charge in [-0.3, -0.25) is 0 Å². The highest BCUT2D eigenvalue weighted by atomic mass is 15.0. The highest BCUT2D eigenvalue weighted by Crippen LogP contribution is 2.35. The topological polar surface area (TPSA) is 78.9 Å². The van der Waals surface area contributed by atoms with Gasteiger partial charge in [-0.25, -0.2) is 0 Å². The van der Waals surface area contributed by atoms with Gasteiger partial charge in [-0.05, 0) is 101 Å². The third-order valence-electron chi connectivity index (χ3n) is 8.48. The molecule has 1 heterocycles. The zero-order valence-corrected chi connectivity index (χ0v) is 26.4. The first-order valence-electron chi connectivity index (χ1n) is 15.8. The fourth-order valence-corrected chi connectivity index (χ4v) is 6.17. The maximum atomic E-state index is 7.80. The lowest BCUT2D eigenvalue weighted by molar-refractivity contribution is 1.18. The fraction of sp³-hybridized carbons (Fsp3) is 0. The van der Waals surface area contributed by atoms with E-state index in [1.807, 2.05) is 54.6 Å². The molecule has 0 amide bonds. The number of nitrogens with one attached hydrogen (secondary N) is 3. The minimum Gasteiger partial charge on any atom is -0.405 e. The number of fused-ring (bicyclic) bond motifs is 3. The number of benzene rings is 6. The molecule has 5 heteroatoms. The van der Waals surface area contributed by atoms with Crippen molar-refractivity contribution in [1.82, 2.24) is 4.57 Å². The van der Waals surface area contributed by atoms with Crippen LogP contribution < -0.4 is 16.4 Å². The number of hydrogen-bond acceptors (Lipinski definition) is 4.